The fourth-order valence-corrected chi connectivity index (χ4v) is 4.80. The summed E-state index contributed by atoms with van der Waals surface area (Å²) >= 11 is 0. The van der Waals surface area contributed by atoms with Crippen LogP contribution < -0.4 is 4.90 Å². The van der Waals surface area contributed by atoms with E-state index in [2.05, 4.69) is 72.8 Å². The van der Waals surface area contributed by atoms with Crippen molar-refractivity contribution in [3.8, 4) is 22.3 Å². The fraction of sp³-hybridized carbons (Fsp3) is 0.0333. The number of carbonyl (C=O) groups excluding carboxylic acids is 1. The van der Waals surface area contributed by atoms with Gasteiger partial charge in [-0.25, -0.2) is 0 Å². The quantitative estimate of drug-likeness (QED) is 0.303. The van der Waals surface area contributed by atoms with Crippen molar-refractivity contribution in [3.05, 3.63) is 126 Å². The third kappa shape index (κ3) is 2.92. The van der Waals surface area contributed by atoms with Crippen LogP contribution in [0.2, 0.25) is 0 Å². The summed E-state index contributed by atoms with van der Waals surface area (Å²) in [4.78, 5) is 15.6. The zero-order valence-corrected chi connectivity index (χ0v) is 17.5. The van der Waals surface area contributed by atoms with E-state index >= 15 is 0 Å². The van der Waals surface area contributed by atoms with Gasteiger partial charge in [0.1, 0.15) is 0 Å². The van der Waals surface area contributed by atoms with E-state index in [0.717, 1.165) is 44.3 Å². The normalized spacial score (nSPS) is 12.5. The summed E-state index contributed by atoms with van der Waals surface area (Å²) in [6, 6.07) is 39.4. The van der Waals surface area contributed by atoms with Gasteiger partial charge in [0.2, 0.25) is 0 Å². The smallest absolute Gasteiger partial charge is 0.259 e. The monoisotopic (exact) mass is 411 g/mol. The van der Waals surface area contributed by atoms with Crippen molar-refractivity contribution in [2.75, 3.05) is 4.90 Å². The van der Waals surface area contributed by atoms with Crippen LogP contribution in [0.4, 0.5) is 5.69 Å². The van der Waals surface area contributed by atoms with E-state index in [0.29, 0.717) is 6.54 Å². The van der Waals surface area contributed by atoms with E-state index in [1.807, 2.05) is 47.4 Å². The van der Waals surface area contributed by atoms with Gasteiger partial charge in [-0.3, -0.25) is 4.79 Å². The van der Waals surface area contributed by atoms with Crippen LogP contribution in [0.3, 0.4) is 0 Å². The van der Waals surface area contributed by atoms with Gasteiger partial charge in [-0.05, 0) is 45.3 Å². The molecule has 0 spiro atoms. The molecular weight excluding hydrogens is 390 g/mol. The summed E-state index contributed by atoms with van der Waals surface area (Å²) < 4.78 is 0. The first-order valence-corrected chi connectivity index (χ1v) is 10.9. The standard InChI is InChI=1S/C30H21NO/c32-30-26-19-25(22-13-6-2-7-14-22)28(23-15-8-3-9-16-23)24-17-10-18-27(29(24)26)31(30)20-21-11-4-1-5-12-21/h1-19H,20H2. The Kier molecular flexibility index (Phi) is 4.36. The molecule has 5 aromatic carbocycles. The Morgan fingerprint density at radius 3 is 1.91 bits per heavy atom. The highest BCUT2D eigenvalue weighted by molar-refractivity contribution is 6.28. The summed E-state index contributed by atoms with van der Waals surface area (Å²) in [7, 11) is 0. The van der Waals surface area contributed by atoms with Gasteiger partial charge in [0.05, 0.1) is 17.8 Å². The minimum Gasteiger partial charge on any atom is -0.303 e. The van der Waals surface area contributed by atoms with E-state index in [9.17, 15) is 4.79 Å². The first-order chi connectivity index (χ1) is 15.8. The SMILES string of the molecule is O=C1c2cc(-c3ccccc3)c(-c3ccccc3)c3cccc(c23)N1Cc1ccccc1. The second kappa shape index (κ2) is 7.51. The number of amides is 1. The van der Waals surface area contributed by atoms with Crippen LogP contribution in [-0.2, 0) is 6.54 Å². The van der Waals surface area contributed by atoms with Gasteiger partial charge in [0.15, 0.2) is 0 Å². The second-order valence-electron chi connectivity index (χ2n) is 8.16. The summed E-state index contributed by atoms with van der Waals surface area (Å²) in [6.45, 7) is 0.564. The number of hydrogen-bond acceptors (Lipinski definition) is 1. The first kappa shape index (κ1) is 18.6. The van der Waals surface area contributed by atoms with E-state index in [1.165, 1.54) is 5.56 Å². The molecule has 1 aliphatic heterocycles. The molecule has 0 bridgehead atoms. The maximum atomic E-state index is 13.6. The lowest BCUT2D eigenvalue weighted by molar-refractivity contribution is 0.0991. The molecule has 0 saturated carbocycles. The molecule has 0 N–H and O–H groups in total. The van der Waals surface area contributed by atoms with Gasteiger partial charge < -0.3 is 4.90 Å². The lowest BCUT2D eigenvalue weighted by Gasteiger charge is -2.18. The highest BCUT2D eigenvalue weighted by Crippen LogP contribution is 2.46. The maximum Gasteiger partial charge on any atom is 0.259 e. The van der Waals surface area contributed by atoms with Crippen LogP contribution in [0, 0.1) is 0 Å². The van der Waals surface area contributed by atoms with Crippen molar-refractivity contribution in [2.24, 2.45) is 0 Å². The molecule has 0 aliphatic carbocycles. The molecule has 32 heavy (non-hydrogen) atoms. The molecule has 1 aliphatic rings. The average Bonchev–Trinajstić information content (AvgIpc) is 3.13. The van der Waals surface area contributed by atoms with Gasteiger partial charge in [-0.2, -0.15) is 0 Å². The van der Waals surface area contributed by atoms with E-state index in [4.69, 9.17) is 0 Å². The van der Waals surface area contributed by atoms with Crippen LogP contribution in [0.1, 0.15) is 15.9 Å². The molecule has 0 radical (unpaired) electrons. The van der Waals surface area contributed by atoms with Crippen molar-refractivity contribution < 1.29 is 4.79 Å². The lowest BCUT2D eigenvalue weighted by atomic mass is 9.87. The van der Waals surface area contributed by atoms with Crippen molar-refractivity contribution in [1.29, 1.82) is 0 Å². The zero-order valence-electron chi connectivity index (χ0n) is 17.5. The molecule has 0 atom stereocenters. The third-order valence-electron chi connectivity index (χ3n) is 6.24. The van der Waals surface area contributed by atoms with E-state index in [-0.39, 0.29) is 5.91 Å². The topological polar surface area (TPSA) is 20.3 Å². The van der Waals surface area contributed by atoms with E-state index in [1.54, 1.807) is 0 Å². The number of rotatable bonds is 4. The van der Waals surface area contributed by atoms with Crippen molar-refractivity contribution in [3.63, 3.8) is 0 Å². The van der Waals surface area contributed by atoms with Crippen LogP contribution in [0.15, 0.2) is 115 Å². The highest BCUT2D eigenvalue weighted by Gasteiger charge is 2.32. The summed E-state index contributed by atoms with van der Waals surface area (Å²) in [6.07, 6.45) is 0. The molecule has 0 saturated heterocycles. The van der Waals surface area contributed by atoms with Gasteiger partial charge in [0.25, 0.3) is 5.91 Å². The number of hydrogen-bond donors (Lipinski definition) is 0. The minimum absolute atomic E-state index is 0.0665. The highest BCUT2D eigenvalue weighted by atomic mass is 16.2. The summed E-state index contributed by atoms with van der Waals surface area (Å²) in [5.41, 5.74) is 7.43. The largest absolute Gasteiger partial charge is 0.303 e. The molecule has 0 aromatic heterocycles. The van der Waals surface area contributed by atoms with Gasteiger partial charge in [0, 0.05) is 5.39 Å². The zero-order chi connectivity index (χ0) is 21.5. The Hall–Kier alpha value is -4.17. The van der Waals surface area contributed by atoms with Gasteiger partial charge >= 0.3 is 0 Å². The average molecular weight is 412 g/mol. The minimum atomic E-state index is 0.0665. The number of carbonyl (C=O) groups is 1. The Bertz CT molecular complexity index is 1440. The molecule has 2 heteroatoms. The predicted octanol–water partition coefficient (Wildman–Crippen LogP) is 7.33. The number of nitrogens with zero attached hydrogens (tertiary/aromatic N) is 1. The van der Waals surface area contributed by atoms with Crippen LogP contribution in [0.25, 0.3) is 33.0 Å². The Balaban J connectivity index is 1.63. The summed E-state index contributed by atoms with van der Waals surface area (Å²) in [5.74, 6) is 0.0665. The maximum absolute atomic E-state index is 13.6. The molecular formula is C30H21NO. The Labute approximate surface area is 187 Å². The molecule has 1 amide bonds. The molecule has 5 aromatic rings. The van der Waals surface area contributed by atoms with Gasteiger partial charge in [-0.1, -0.05) is 103 Å². The molecule has 0 fully saturated rings. The molecule has 152 valence electrons. The van der Waals surface area contributed by atoms with E-state index < -0.39 is 0 Å². The van der Waals surface area contributed by atoms with Gasteiger partial charge in [-0.15, -0.1) is 0 Å². The molecule has 2 nitrogen and oxygen atoms in total. The Morgan fingerprint density at radius 2 is 1.22 bits per heavy atom. The first-order valence-electron chi connectivity index (χ1n) is 10.9. The predicted molar refractivity (Wildman–Crippen MR) is 132 cm³/mol. The fourth-order valence-electron chi connectivity index (χ4n) is 4.80. The van der Waals surface area contributed by atoms with Crippen molar-refractivity contribution in [2.45, 2.75) is 6.54 Å². The number of benzene rings is 5. The van der Waals surface area contributed by atoms with Crippen molar-refractivity contribution >= 4 is 22.4 Å². The van der Waals surface area contributed by atoms with Crippen molar-refractivity contribution in [1.82, 2.24) is 0 Å². The Morgan fingerprint density at radius 1 is 0.594 bits per heavy atom. The third-order valence-corrected chi connectivity index (χ3v) is 6.24. The molecule has 6 rings (SSSR count). The van der Waals surface area contributed by atoms with Crippen LogP contribution in [-0.4, -0.2) is 5.91 Å². The molecule has 1 heterocycles. The van der Waals surface area contributed by atoms with Crippen LogP contribution >= 0.6 is 0 Å². The second-order valence-corrected chi connectivity index (χ2v) is 8.16. The lowest BCUT2D eigenvalue weighted by Crippen LogP contribution is -2.26. The molecule has 0 unspecified atom stereocenters. The number of anilines is 1. The summed E-state index contributed by atoms with van der Waals surface area (Å²) in [5, 5.41) is 2.17. The van der Waals surface area contributed by atoms with Crippen LogP contribution in [0.5, 0.6) is 0 Å².